The molecule has 1 aromatic carbocycles. The summed E-state index contributed by atoms with van der Waals surface area (Å²) < 4.78 is 19.1. The van der Waals surface area contributed by atoms with Crippen molar-refractivity contribution in [3.05, 3.63) is 35.4 Å². The van der Waals surface area contributed by atoms with Crippen molar-refractivity contribution in [2.24, 2.45) is 5.92 Å². The van der Waals surface area contributed by atoms with Crippen LogP contribution in [0.1, 0.15) is 24.0 Å². The average Bonchev–Trinajstić information content (AvgIpc) is 2.48. The van der Waals surface area contributed by atoms with Crippen LogP contribution < -0.4 is 0 Å². The van der Waals surface area contributed by atoms with E-state index in [-0.39, 0.29) is 19.6 Å². The van der Waals surface area contributed by atoms with Crippen LogP contribution in [0.4, 0.5) is 9.18 Å². The lowest BCUT2D eigenvalue weighted by Crippen LogP contribution is -2.45. The second-order valence-corrected chi connectivity index (χ2v) is 5.65. The molecule has 1 heterocycles. The third-order valence-corrected chi connectivity index (χ3v) is 3.85. The number of rotatable bonds is 4. The summed E-state index contributed by atoms with van der Waals surface area (Å²) in [4.78, 5) is 23.9. The summed E-state index contributed by atoms with van der Waals surface area (Å²) in [6.07, 6.45) is -1.74. The molecule has 1 aliphatic rings. The molecule has 6 heteroatoms. The van der Waals surface area contributed by atoms with Crippen molar-refractivity contribution >= 4 is 12.1 Å². The Bertz CT molecular complexity index is 531. The van der Waals surface area contributed by atoms with E-state index in [1.807, 2.05) is 31.2 Å². The summed E-state index contributed by atoms with van der Waals surface area (Å²) in [7, 11) is 0. The summed E-state index contributed by atoms with van der Waals surface area (Å²) in [5, 5.41) is 8.72. The average molecular weight is 309 g/mol. The van der Waals surface area contributed by atoms with E-state index in [1.165, 1.54) is 4.90 Å². The number of carboxylic acid groups (broad SMARTS) is 1. The Morgan fingerprint density at radius 3 is 2.64 bits per heavy atom. The molecule has 0 aliphatic carbocycles. The van der Waals surface area contributed by atoms with Gasteiger partial charge in [0, 0.05) is 12.5 Å². The van der Waals surface area contributed by atoms with E-state index in [0.29, 0.717) is 13.0 Å². The first-order chi connectivity index (χ1) is 10.5. The number of amides is 1. The van der Waals surface area contributed by atoms with Crippen LogP contribution in [0.3, 0.4) is 0 Å². The molecular weight excluding hydrogens is 289 g/mol. The van der Waals surface area contributed by atoms with Crippen molar-refractivity contribution in [2.45, 2.75) is 32.5 Å². The van der Waals surface area contributed by atoms with Crippen LogP contribution in [0.15, 0.2) is 24.3 Å². The van der Waals surface area contributed by atoms with Gasteiger partial charge in [-0.2, -0.15) is 0 Å². The summed E-state index contributed by atoms with van der Waals surface area (Å²) in [5.74, 6) is -1.54. The molecule has 0 spiro atoms. The van der Waals surface area contributed by atoms with Gasteiger partial charge in [-0.05, 0) is 18.9 Å². The Hall–Kier alpha value is -2.11. The first kappa shape index (κ1) is 16.3. The fourth-order valence-corrected chi connectivity index (χ4v) is 2.49. The largest absolute Gasteiger partial charge is 0.481 e. The lowest BCUT2D eigenvalue weighted by Gasteiger charge is -2.33. The fourth-order valence-electron chi connectivity index (χ4n) is 2.49. The van der Waals surface area contributed by atoms with Gasteiger partial charge in [0.15, 0.2) is 0 Å². The zero-order valence-electron chi connectivity index (χ0n) is 12.5. The third-order valence-electron chi connectivity index (χ3n) is 3.85. The number of nitrogens with zero attached hydrogens (tertiary/aromatic N) is 1. The van der Waals surface area contributed by atoms with E-state index >= 15 is 0 Å². The second-order valence-electron chi connectivity index (χ2n) is 5.65. The maximum Gasteiger partial charge on any atom is 0.410 e. The van der Waals surface area contributed by atoms with Crippen LogP contribution in [-0.4, -0.2) is 41.3 Å². The first-order valence-corrected chi connectivity index (χ1v) is 7.29. The van der Waals surface area contributed by atoms with Gasteiger partial charge in [0.25, 0.3) is 0 Å². The molecule has 1 aromatic rings. The number of piperidine rings is 1. The number of ether oxygens (including phenoxy) is 1. The van der Waals surface area contributed by atoms with Crippen LogP contribution in [0.2, 0.25) is 0 Å². The van der Waals surface area contributed by atoms with Crippen LogP contribution >= 0.6 is 0 Å². The van der Waals surface area contributed by atoms with Crippen LogP contribution in [0.5, 0.6) is 0 Å². The van der Waals surface area contributed by atoms with Gasteiger partial charge in [-0.3, -0.25) is 4.79 Å². The highest BCUT2D eigenvalue weighted by molar-refractivity contribution is 5.68. The standard InChI is InChI=1S/C16H20FNO4/c1-11-2-4-12(5-3-11)10-22-16(21)18-7-6-13(8-15(19)20)14(17)9-18/h2-5,13-14H,6-10H2,1H3,(H,19,20)/t13-,14-/m0/s1. The van der Waals surface area contributed by atoms with Gasteiger partial charge >= 0.3 is 12.1 Å². The SMILES string of the molecule is Cc1ccc(COC(=O)N2CC[C@@H](CC(=O)O)[C@@H](F)C2)cc1. The molecule has 1 N–H and O–H groups in total. The number of carbonyl (C=O) groups is 2. The third kappa shape index (κ3) is 4.44. The minimum absolute atomic E-state index is 0.106. The van der Waals surface area contributed by atoms with Crippen molar-refractivity contribution in [3.63, 3.8) is 0 Å². The molecule has 1 fully saturated rings. The minimum atomic E-state index is -1.32. The molecule has 1 saturated heterocycles. The number of halogens is 1. The molecule has 5 nitrogen and oxygen atoms in total. The van der Waals surface area contributed by atoms with Crippen molar-refractivity contribution in [1.29, 1.82) is 0 Å². The number of likely N-dealkylation sites (tertiary alicyclic amines) is 1. The summed E-state index contributed by atoms with van der Waals surface area (Å²) >= 11 is 0. The smallest absolute Gasteiger partial charge is 0.410 e. The van der Waals surface area contributed by atoms with Crippen LogP contribution in [0.25, 0.3) is 0 Å². The molecule has 0 unspecified atom stereocenters. The van der Waals surface area contributed by atoms with Crippen molar-refractivity contribution in [1.82, 2.24) is 4.90 Å². The van der Waals surface area contributed by atoms with Crippen LogP contribution in [-0.2, 0) is 16.1 Å². The number of aliphatic carboxylic acids is 1. The number of hydrogen-bond donors (Lipinski definition) is 1. The monoisotopic (exact) mass is 309 g/mol. The van der Waals surface area contributed by atoms with Crippen molar-refractivity contribution in [3.8, 4) is 0 Å². The lowest BCUT2D eigenvalue weighted by molar-refractivity contribution is -0.139. The van der Waals surface area contributed by atoms with Gasteiger partial charge in [0.05, 0.1) is 13.0 Å². The van der Waals surface area contributed by atoms with Gasteiger partial charge in [-0.25, -0.2) is 9.18 Å². The zero-order valence-corrected chi connectivity index (χ0v) is 12.5. The van der Waals surface area contributed by atoms with Crippen molar-refractivity contribution in [2.75, 3.05) is 13.1 Å². The molecule has 0 bridgehead atoms. The number of carbonyl (C=O) groups excluding carboxylic acids is 1. The van der Waals surface area contributed by atoms with E-state index in [0.717, 1.165) is 11.1 Å². The lowest BCUT2D eigenvalue weighted by atomic mass is 9.92. The molecule has 1 amide bonds. The number of benzene rings is 1. The number of carboxylic acids is 1. The highest BCUT2D eigenvalue weighted by atomic mass is 19.1. The molecule has 0 aromatic heterocycles. The first-order valence-electron chi connectivity index (χ1n) is 7.29. The minimum Gasteiger partial charge on any atom is -0.481 e. The van der Waals surface area contributed by atoms with Crippen LogP contribution in [0, 0.1) is 12.8 Å². The van der Waals surface area contributed by atoms with E-state index in [2.05, 4.69) is 0 Å². The topological polar surface area (TPSA) is 66.8 Å². The number of aryl methyl sites for hydroxylation is 1. The summed E-state index contributed by atoms with van der Waals surface area (Å²) in [6, 6.07) is 7.61. The summed E-state index contributed by atoms with van der Waals surface area (Å²) in [6.45, 7) is 2.33. The maximum atomic E-state index is 13.9. The molecule has 120 valence electrons. The Morgan fingerprint density at radius 1 is 1.36 bits per heavy atom. The second kappa shape index (κ2) is 7.24. The quantitative estimate of drug-likeness (QED) is 0.928. The molecule has 2 atom stereocenters. The Labute approximate surface area is 128 Å². The highest BCUT2D eigenvalue weighted by Crippen LogP contribution is 2.24. The van der Waals surface area contributed by atoms with E-state index < -0.39 is 24.2 Å². The fraction of sp³-hybridized carbons (Fsp3) is 0.500. The number of hydrogen-bond acceptors (Lipinski definition) is 3. The van der Waals surface area contributed by atoms with E-state index in [9.17, 15) is 14.0 Å². The number of alkyl halides is 1. The highest BCUT2D eigenvalue weighted by Gasteiger charge is 2.33. The molecule has 22 heavy (non-hydrogen) atoms. The van der Waals surface area contributed by atoms with Gasteiger partial charge in [-0.1, -0.05) is 29.8 Å². The predicted molar refractivity (Wildman–Crippen MR) is 78.2 cm³/mol. The molecule has 0 radical (unpaired) electrons. The Morgan fingerprint density at radius 2 is 2.05 bits per heavy atom. The normalized spacial score (nSPS) is 21.5. The van der Waals surface area contributed by atoms with Gasteiger partial charge in [-0.15, -0.1) is 0 Å². The van der Waals surface area contributed by atoms with E-state index in [4.69, 9.17) is 9.84 Å². The maximum absolute atomic E-state index is 13.9. The van der Waals surface area contributed by atoms with Gasteiger partial charge in [0.2, 0.25) is 0 Å². The predicted octanol–water partition coefficient (Wildman–Crippen LogP) is 2.77. The van der Waals surface area contributed by atoms with Gasteiger partial charge < -0.3 is 14.7 Å². The molecule has 2 rings (SSSR count). The zero-order chi connectivity index (χ0) is 16.1. The molecule has 0 saturated carbocycles. The van der Waals surface area contributed by atoms with E-state index in [1.54, 1.807) is 0 Å². The summed E-state index contributed by atoms with van der Waals surface area (Å²) in [5.41, 5.74) is 1.99. The van der Waals surface area contributed by atoms with Crippen molar-refractivity contribution < 1.29 is 23.8 Å². The Kier molecular flexibility index (Phi) is 5.35. The van der Waals surface area contributed by atoms with Gasteiger partial charge in [0.1, 0.15) is 12.8 Å². The molecule has 1 aliphatic heterocycles. The Balaban J connectivity index is 1.81. The molecular formula is C16H20FNO4.